The summed E-state index contributed by atoms with van der Waals surface area (Å²) >= 11 is 0. The summed E-state index contributed by atoms with van der Waals surface area (Å²) in [5, 5.41) is 0. The number of hydrogen-bond donors (Lipinski definition) is 1. The number of sulfonamides is 1. The van der Waals surface area contributed by atoms with Crippen LogP contribution in [0.3, 0.4) is 0 Å². The number of nitrogens with zero attached hydrogens (tertiary/aromatic N) is 1. The Balaban J connectivity index is 2.02. The van der Waals surface area contributed by atoms with Crippen molar-refractivity contribution in [2.75, 3.05) is 5.73 Å². The van der Waals surface area contributed by atoms with Gasteiger partial charge in [-0.2, -0.15) is 4.31 Å². The van der Waals surface area contributed by atoms with Crippen molar-refractivity contribution in [2.45, 2.75) is 18.0 Å². The van der Waals surface area contributed by atoms with Crippen molar-refractivity contribution in [3.05, 3.63) is 59.2 Å². The van der Waals surface area contributed by atoms with Gasteiger partial charge >= 0.3 is 0 Å². The molecule has 1 heterocycles. The molecule has 2 aromatic rings. The second-order valence-electron chi connectivity index (χ2n) is 4.81. The van der Waals surface area contributed by atoms with Crippen LogP contribution in [0.4, 0.5) is 14.5 Å². The lowest BCUT2D eigenvalue weighted by molar-refractivity contribution is 0.426. The van der Waals surface area contributed by atoms with Crippen molar-refractivity contribution >= 4 is 15.7 Å². The molecular weight excluding hydrogens is 298 g/mol. The van der Waals surface area contributed by atoms with Crippen LogP contribution in [0.5, 0.6) is 0 Å². The molecule has 0 amide bonds. The summed E-state index contributed by atoms with van der Waals surface area (Å²) in [6, 6.07) is 9.02. The zero-order valence-corrected chi connectivity index (χ0v) is 11.7. The Morgan fingerprint density at radius 2 is 1.57 bits per heavy atom. The van der Waals surface area contributed by atoms with Gasteiger partial charge in [0.15, 0.2) is 5.82 Å². The number of rotatable bonds is 2. The van der Waals surface area contributed by atoms with E-state index in [-0.39, 0.29) is 13.1 Å². The second kappa shape index (κ2) is 4.78. The van der Waals surface area contributed by atoms with Crippen molar-refractivity contribution in [3.8, 4) is 0 Å². The monoisotopic (exact) mass is 310 g/mol. The summed E-state index contributed by atoms with van der Waals surface area (Å²) in [5.41, 5.74) is 6.19. The topological polar surface area (TPSA) is 63.4 Å². The normalized spacial score (nSPS) is 15.1. The van der Waals surface area contributed by atoms with E-state index in [0.29, 0.717) is 0 Å². The fourth-order valence-electron chi connectivity index (χ4n) is 2.36. The standard InChI is InChI=1S/C14H12F2N2O2S/c15-11-5-6-12(13(16)14(11)17)21(19,20)18-7-9-3-1-2-4-10(9)8-18/h1-6H,7-8,17H2. The molecular formula is C14H12F2N2O2S. The number of benzene rings is 2. The smallest absolute Gasteiger partial charge is 0.246 e. The van der Waals surface area contributed by atoms with Crippen molar-refractivity contribution in [3.63, 3.8) is 0 Å². The third-order valence-electron chi connectivity index (χ3n) is 3.52. The van der Waals surface area contributed by atoms with Crippen molar-refractivity contribution in [1.29, 1.82) is 0 Å². The van der Waals surface area contributed by atoms with Crippen molar-refractivity contribution in [2.24, 2.45) is 0 Å². The highest BCUT2D eigenvalue weighted by atomic mass is 32.2. The molecule has 7 heteroatoms. The first-order chi connectivity index (χ1) is 9.91. The predicted molar refractivity (Wildman–Crippen MR) is 73.6 cm³/mol. The Bertz CT molecular complexity index is 797. The maximum atomic E-state index is 14.0. The zero-order chi connectivity index (χ0) is 15.2. The highest BCUT2D eigenvalue weighted by molar-refractivity contribution is 7.89. The highest BCUT2D eigenvalue weighted by Crippen LogP contribution is 2.31. The number of anilines is 1. The van der Waals surface area contributed by atoms with Crippen LogP contribution in [0.15, 0.2) is 41.3 Å². The molecule has 0 aliphatic carbocycles. The molecule has 0 saturated carbocycles. The molecule has 1 aliphatic rings. The van der Waals surface area contributed by atoms with Gasteiger partial charge in [0.25, 0.3) is 0 Å². The van der Waals surface area contributed by atoms with E-state index in [1.807, 2.05) is 24.3 Å². The summed E-state index contributed by atoms with van der Waals surface area (Å²) in [6.07, 6.45) is 0. The van der Waals surface area contributed by atoms with E-state index in [1.54, 1.807) is 0 Å². The molecule has 2 N–H and O–H groups in total. The number of halogens is 2. The zero-order valence-electron chi connectivity index (χ0n) is 10.9. The lowest BCUT2D eigenvalue weighted by Gasteiger charge is -2.16. The minimum absolute atomic E-state index is 0.162. The van der Waals surface area contributed by atoms with Crippen molar-refractivity contribution < 1.29 is 17.2 Å². The maximum Gasteiger partial charge on any atom is 0.246 e. The van der Waals surface area contributed by atoms with E-state index >= 15 is 0 Å². The van der Waals surface area contributed by atoms with Crippen LogP contribution >= 0.6 is 0 Å². The Morgan fingerprint density at radius 3 is 2.14 bits per heavy atom. The van der Waals surface area contributed by atoms with Gasteiger partial charge in [0.05, 0.1) is 0 Å². The van der Waals surface area contributed by atoms with Crippen LogP contribution in [0.1, 0.15) is 11.1 Å². The first-order valence-electron chi connectivity index (χ1n) is 6.21. The molecule has 0 atom stereocenters. The van der Waals surface area contributed by atoms with Gasteiger partial charge in [-0.3, -0.25) is 0 Å². The molecule has 0 fully saturated rings. The van der Waals surface area contributed by atoms with Gasteiger partial charge in [-0.25, -0.2) is 17.2 Å². The molecule has 21 heavy (non-hydrogen) atoms. The average molecular weight is 310 g/mol. The average Bonchev–Trinajstić information content (AvgIpc) is 2.89. The molecule has 0 unspecified atom stereocenters. The molecule has 0 bridgehead atoms. The quantitative estimate of drug-likeness (QED) is 0.865. The number of hydrogen-bond acceptors (Lipinski definition) is 3. The van der Waals surface area contributed by atoms with Crippen LogP contribution < -0.4 is 5.73 Å². The number of nitrogen functional groups attached to an aromatic ring is 1. The summed E-state index contributed by atoms with van der Waals surface area (Å²) in [4.78, 5) is -0.603. The predicted octanol–water partition coefficient (Wildman–Crippen LogP) is 2.25. The maximum absolute atomic E-state index is 14.0. The largest absolute Gasteiger partial charge is 0.394 e. The Kier molecular flexibility index (Phi) is 3.18. The van der Waals surface area contributed by atoms with E-state index in [0.717, 1.165) is 27.6 Å². The van der Waals surface area contributed by atoms with Gasteiger partial charge < -0.3 is 5.73 Å². The highest BCUT2D eigenvalue weighted by Gasteiger charge is 2.33. The van der Waals surface area contributed by atoms with Gasteiger partial charge in [-0.05, 0) is 23.3 Å². The Labute approximate surface area is 120 Å². The molecule has 110 valence electrons. The van der Waals surface area contributed by atoms with Crippen LogP contribution in [-0.2, 0) is 23.1 Å². The van der Waals surface area contributed by atoms with E-state index in [9.17, 15) is 17.2 Å². The van der Waals surface area contributed by atoms with E-state index in [2.05, 4.69) is 0 Å². The summed E-state index contributed by atoms with van der Waals surface area (Å²) in [6.45, 7) is 0.324. The van der Waals surface area contributed by atoms with Gasteiger partial charge in [0, 0.05) is 13.1 Å². The molecule has 4 nitrogen and oxygen atoms in total. The van der Waals surface area contributed by atoms with Gasteiger partial charge in [-0.15, -0.1) is 0 Å². The van der Waals surface area contributed by atoms with E-state index < -0.39 is 32.2 Å². The summed E-state index contributed by atoms with van der Waals surface area (Å²) in [7, 11) is -4.06. The SMILES string of the molecule is Nc1c(F)ccc(S(=O)(=O)N2Cc3ccccc3C2)c1F. The molecule has 0 aromatic heterocycles. The second-order valence-corrected chi connectivity index (χ2v) is 6.72. The third kappa shape index (κ3) is 2.18. The lowest BCUT2D eigenvalue weighted by Crippen LogP contribution is -2.26. The van der Waals surface area contributed by atoms with E-state index in [1.165, 1.54) is 0 Å². The van der Waals surface area contributed by atoms with Crippen LogP contribution in [0, 0.1) is 11.6 Å². The first-order valence-corrected chi connectivity index (χ1v) is 7.65. The van der Waals surface area contributed by atoms with Gasteiger partial charge in [0.1, 0.15) is 16.4 Å². The number of nitrogens with two attached hydrogens (primary N) is 1. The molecule has 2 aromatic carbocycles. The Hall–Kier alpha value is -1.99. The lowest BCUT2D eigenvalue weighted by atomic mass is 10.1. The fourth-order valence-corrected chi connectivity index (χ4v) is 3.83. The van der Waals surface area contributed by atoms with Crippen LogP contribution in [0.2, 0.25) is 0 Å². The van der Waals surface area contributed by atoms with E-state index in [4.69, 9.17) is 5.73 Å². The van der Waals surface area contributed by atoms with Crippen molar-refractivity contribution in [1.82, 2.24) is 4.31 Å². The molecule has 3 rings (SSSR count). The summed E-state index contributed by atoms with van der Waals surface area (Å²) in [5.74, 6) is -2.22. The fraction of sp³-hybridized carbons (Fsp3) is 0.143. The molecule has 0 radical (unpaired) electrons. The number of fused-ring (bicyclic) bond motifs is 1. The van der Waals surface area contributed by atoms with Crippen LogP contribution in [-0.4, -0.2) is 12.7 Å². The van der Waals surface area contributed by atoms with Crippen LogP contribution in [0.25, 0.3) is 0 Å². The first kappa shape index (κ1) is 14.0. The van der Waals surface area contributed by atoms with Gasteiger partial charge in [0.2, 0.25) is 10.0 Å². The third-order valence-corrected chi connectivity index (χ3v) is 5.33. The Morgan fingerprint density at radius 1 is 1.00 bits per heavy atom. The molecule has 0 spiro atoms. The minimum atomic E-state index is -4.06. The minimum Gasteiger partial charge on any atom is -0.394 e. The summed E-state index contributed by atoms with van der Waals surface area (Å²) < 4.78 is 53.3. The molecule has 1 aliphatic heterocycles. The molecule has 0 saturated heterocycles. The van der Waals surface area contributed by atoms with Gasteiger partial charge in [-0.1, -0.05) is 24.3 Å².